The molecule has 0 fully saturated rings. The molecule has 0 unspecified atom stereocenters. The van der Waals surface area contributed by atoms with Gasteiger partial charge in [-0.15, -0.1) is 0 Å². The number of halogens is 2. The van der Waals surface area contributed by atoms with E-state index in [1.165, 1.54) is 14.0 Å². The molecular weight excluding hydrogens is 322 g/mol. The molecule has 8 heteroatoms. The van der Waals surface area contributed by atoms with Crippen molar-refractivity contribution in [3.63, 3.8) is 0 Å². The summed E-state index contributed by atoms with van der Waals surface area (Å²) in [7, 11) is 1.21. The molecule has 0 N–H and O–H groups in total. The highest BCUT2D eigenvalue weighted by Crippen LogP contribution is 2.41. The Labute approximate surface area is 139 Å². The molecule has 0 aliphatic rings. The fraction of sp³-hybridized carbons (Fsp3) is 0.438. The van der Waals surface area contributed by atoms with Crippen LogP contribution in [0.2, 0.25) is 0 Å². The Kier molecular flexibility index (Phi) is 8.59. The summed E-state index contributed by atoms with van der Waals surface area (Å²) in [6, 6.07) is 0.766. The van der Waals surface area contributed by atoms with Gasteiger partial charge in [0.15, 0.2) is 0 Å². The minimum atomic E-state index is -1.32. The molecule has 0 aliphatic heterocycles. The largest absolute Gasteiger partial charge is 0.496 e. The van der Waals surface area contributed by atoms with Crippen molar-refractivity contribution in [3.05, 3.63) is 39.3 Å². The standard InChI is InChI=1S/C12H10F2N2O4.2C2H6/c1-5-9(6(2)20-15-5)10-8(19-3)4-7(13)12(11(10)14)16(17)18;2*1-2/h4H,1-3H3;2*1-2H3. The van der Waals surface area contributed by atoms with Gasteiger partial charge < -0.3 is 9.26 Å². The molecule has 0 aliphatic carbocycles. The van der Waals surface area contributed by atoms with Gasteiger partial charge in [-0.1, -0.05) is 32.9 Å². The molecule has 2 aromatic rings. The summed E-state index contributed by atoms with van der Waals surface area (Å²) >= 11 is 0. The van der Waals surface area contributed by atoms with Gasteiger partial charge in [-0.3, -0.25) is 10.1 Å². The van der Waals surface area contributed by atoms with Crippen LogP contribution in [0, 0.1) is 35.6 Å². The second kappa shape index (κ2) is 9.59. The maximum atomic E-state index is 14.3. The van der Waals surface area contributed by atoms with Crippen molar-refractivity contribution in [1.82, 2.24) is 5.16 Å². The molecule has 0 spiro atoms. The van der Waals surface area contributed by atoms with Crippen molar-refractivity contribution in [3.8, 4) is 16.9 Å². The number of nitro groups is 1. The molecular formula is C16H22F2N2O4. The Hall–Kier alpha value is -2.51. The topological polar surface area (TPSA) is 78.4 Å². The van der Waals surface area contributed by atoms with E-state index in [9.17, 15) is 18.9 Å². The van der Waals surface area contributed by atoms with Crippen molar-refractivity contribution in [2.24, 2.45) is 0 Å². The Morgan fingerprint density at radius 1 is 1.17 bits per heavy atom. The first-order valence-corrected chi connectivity index (χ1v) is 7.52. The van der Waals surface area contributed by atoms with Gasteiger partial charge in [0, 0.05) is 6.07 Å². The van der Waals surface area contributed by atoms with Crippen LogP contribution in [0.1, 0.15) is 39.1 Å². The predicted molar refractivity (Wildman–Crippen MR) is 87.2 cm³/mol. The Morgan fingerprint density at radius 3 is 2.08 bits per heavy atom. The summed E-state index contributed by atoms with van der Waals surface area (Å²) < 4.78 is 37.7. The number of aromatic nitrogens is 1. The lowest BCUT2D eigenvalue weighted by Crippen LogP contribution is -2.02. The van der Waals surface area contributed by atoms with Crippen LogP contribution >= 0.6 is 0 Å². The molecule has 0 radical (unpaired) electrons. The third-order valence-electron chi connectivity index (χ3n) is 2.84. The quantitative estimate of drug-likeness (QED) is 0.564. The monoisotopic (exact) mass is 344 g/mol. The van der Waals surface area contributed by atoms with Crippen molar-refractivity contribution >= 4 is 5.69 Å². The summed E-state index contributed by atoms with van der Waals surface area (Å²) in [5.41, 5.74) is -0.944. The first-order chi connectivity index (χ1) is 11.4. The minimum absolute atomic E-state index is 0.167. The minimum Gasteiger partial charge on any atom is -0.496 e. The molecule has 1 aromatic heterocycles. The van der Waals surface area contributed by atoms with Crippen LogP contribution in [-0.4, -0.2) is 17.2 Å². The first-order valence-electron chi connectivity index (χ1n) is 7.52. The van der Waals surface area contributed by atoms with Gasteiger partial charge in [0.2, 0.25) is 11.6 Å². The van der Waals surface area contributed by atoms with E-state index in [-0.39, 0.29) is 22.6 Å². The number of benzene rings is 1. The first kappa shape index (κ1) is 21.5. The molecule has 6 nitrogen and oxygen atoms in total. The predicted octanol–water partition coefficient (Wildman–Crippen LogP) is 5.21. The smallest absolute Gasteiger partial charge is 0.341 e. The number of aryl methyl sites for hydroxylation is 2. The van der Waals surface area contributed by atoms with Gasteiger partial charge in [0.25, 0.3) is 0 Å². The zero-order valence-electron chi connectivity index (χ0n) is 14.9. The molecule has 0 saturated carbocycles. The van der Waals surface area contributed by atoms with Crippen LogP contribution in [0.3, 0.4) is 0 Å². The van der Waals surface area contributed by atoms with Crippen molar-refractivity contribution in [1.29, 1.82) is 0 Å². The highest BCUT2D eigenvalue weighted by atomic mass is 19.1. The van der Waals surface area contributed by atoms with Crippen LogP contribution in [0.15, 0.2) is 10.6 Å². The third-order valence-corrected chi connectivity index (χ3v) is 2.84. The normalized spacial score (nSPS) is 9.38. The van der Waals surface area contributed by atoms with Crippen molar-refractivity contribution < 1.29 is 23.0 Å². The van der Waals surface area contributed by atoms with E-state index in [2.05, 4.69) is 5.16 Å². The van der Waals surface area contributed by atoms with E-state index in [4.69, 9.17) is 9.26 Å². The maximum absolute atomic E-state index is 14.3. The molecule has 1 heterocycles. The molecule has 0 saturated heterocycles. The maximum Gasteiger partial charge on any atom is 0.341 e. The highest BCUT2D eigenvalue weighted by molar-refractivity contribution is 5.77. The molecule has 2 rings (SSSR count). The van der Waals surface area contributed by atoms with E-state index in [1.54, 1.807) is 6.92 Å². The Morgan fingerprint density at radius 2 is 1.71 bits per heavy atom. The molecule has 1 aromatic carbocycles. The lowest BCUT2D eigenvalue weighted by Gasteiger charge is -2.10. The zero-order valence-corrected chi connectivity index (χ0v) is 14.9. The number of hydrogen-bond acceptors (Lipinski definition) is 5. The number of nitrogens with zero attached hydrogens (tertiary/aromatic N) is 2. The van der Waals surface area contributed by atoms with Gasteiger partial charge in [-0.05, 0) is 13.8 Å². The van der Waals surface area contributed by atoms with Crippen LogP contribution in [0.4, 0.5) is 14.5 Å². The number of rotatable bonds is 3. The van der Waals surface area contributed by atoms with Crippen LogP contribution < -0.4 is 4.74 Å². The highest BCUT2D eigenvalue weighted by Gasteiger charge is 2.31. The van der Waals surface area contributed by atoms with Gasteiger partial charge >= 0.3 is 5.69 Å². The van der Waals surface area contributed by atoms with Crippen molar-refractivity contribution in [2.45, 2.75) is 41.5 Å². The van der Waals surface area contributed by atoms with E-state index < -0.39 is 22.2 Å². The molecule has 0 amide bonds. The third kappa shape index (κ3) is 4.06. The van der Waals surface area contributed by atoms with E-state index in [1.807, 2.05) is 27.7 Å². The van der Waals surface area contributed by atoms with Gasteiger partial charge in [0.1, 0.15) is 11.5 Å². The fourth-order valence-corrected chi connectivity index (χ4v) is 1.99. The molecule has 24 heavy (non-hydrogen) atoms. The van der Waals surface area contributed by atoms with Gasteiger partial charge in [-0.25, -0.2) is 0 Å². The van der Waals surface area contributed by atoms with Crippen molar-refractivity contribution in [2.75, 3.05) is 7.11 Å². The number of hydrogen-bond donors (Lipinski definition) is 0. The number of ether oxygens (including phenoxy) is 1. The van der Waals surface area contributed by atoms with Gasteiger partial charge in [-0.2, -0.15) is 8.78 Å². The summed E-state index contributed by atoms with van der Waals surface area (Å²) in [4.78, 5) is 9.66. The van der Waals surface area contributed by atoms with Crippen LogP contribution in [0.5, 0.6) is 5.75 Å². The fourth-order valence-electron chi connectivity index (χ4n) is 1.99. The summed E-state index contributed by atoms with van der Waals surface area (Å²) in [5, 5.41) is 14.4. The van der Waals surface area contributed by atoms with Crippen LogP contribution in [0.25, 0.3) is 11.1 Å². The lowest BCUT2D eigenvalue weighted by atomic mass is 10.0. The van der Waals surface area contributed by atoms with E-state index in [0.29, 0.717) is 5.69 Å². The summed E-state index contributed by atoms with van der Waals surface area (Å²) in [5.74, 6) is -2.54. The second-order valence-corrected chi connectivity index (χ2v) is 4.05. The summed E-state index contributed by atoms with van der Waals surface area (Å²) in [6.45, 7) is 11.1. The Bertz CT molecular complexity index is 680. The SMILES string of the molecule is CC.CC.COc1cc(F)c([N+](=O)[O-])c(F)c1-c1c(C)noc1C. The second-order valence-electron chi connectivity index (χ2n) is 4.05. The molecule has 0 bridgehead atoms. The Balaban J connectivity index is 0.00000123. The van der Waals surface area contributed by atoms with E-state index in [0.717, 1.165) is 6.07 Å². The van der Waals surface area contributed by atoms with Gasteiger partial charge in [0.05, 0.1) is 28.9 Å². The number of nitro benzene ring substituents is 1. The van der Waals surface area contributed by atoms with Crippen LogP contribution in [-0.2, 0) is 0 Å². The molecule has 134 valence electrons. The van der Waals surface area contributed by atoms with E-state index >= 15 is 0 Å². The average molecular weight is 344 g/mol. The summed E-state index contributed by atoms with van der Waals surface area (Å²) in [6.07, 6.45) is 0. The average Bonchev–Trinajstić information content (AvgIpc) is 2.89. The number of methoxy groups -OCH3 is 1. The lowest BCUT2D eigenvalue weighted by molar-refractivity contribution is -0.390. The molecule has 0 atom stereocenters. The zero-order chi connectivity index (χ0) is 19.0.